The molecule has 0 unspecified atom stereocenters. The molecule has 0 heterocycles. The van der Waals surface area contributed by atoms with Gasteiger partial charge in [-0.25, -0.2) is 0 Å². The molecule has 0 aliphatic carbocycles. The Kier molecular flexibility index (Phi) is 4.13. The van der Waals surface area contributed by atoms with Gasteiger partial charge < -0.3 is 11.1 Å². The van der Waals surface area contributed by atoms with E-state index in [0.29, 0.717) is 5.02 Å². The van der Waals surface area contributed by atoms with Crippen molar-refractivity contribution in [2.75, 3.05) is 5.32 Å². The van der Waals surface area contributed by atoms with Crippen molar-refractivity contribution in [1.29, 1.82) is 10.8 Å². The van der Waals surface area contributed by atoms with Gasteiger partial charge in [0.15, 0.2) is 11.9 Å². The molecule has 0 amide bonds. The van der Waals surface area contributed by atoms with Crippen LogP contribution >= 0.6 is 11.6 Å². The fourth-order valence-electron chi connectivity index (χ4n) is 1.28. The van der Waals surface area contributed by atoms with Crippen LogP contribution < -0.4 is 16.4 Å². The van der Waals surface area contributed by atoms with Crippen molar-refractivity contribution in [1.82, 2.24) is 5.32 Å². The number of guanidine groups is 2. The maximum absolute atomic E-state index is 7.51. The molecule has 0 aliphatic rings. The molecule has 0 saturated heterocycles. The summed E-state index contributed by atoms with van der Waals surface area (Å²) < 4.78 is 0. The Morgan fingerprint density at radius 2 is 2.12 bits per heavy atom. The van der Waals surface area contributed by atoms with Crippen LogP contribution in [-0.2, 0) is 6.42 Å². The molecule has 5 nitrogen and oxygen atoms in total. The Morgan fingerprint density at radius 3 is 2.69 bits per heavy atom. The van der Waals surface area contributed by atoms with Gasteiger partial charge in [-0.3, -0.25) is 16.1 Å². The van der Waals surface area contributed by atoms with Gasteiger partial charge in [-0.05, 0) is 30.2 Å². The Balaban J connectivity index is 2.80. The van der Waals surface area contributed by atoms with Crippen molar-refractivity contribution in [3.05, 3.63) is 28.8 Å². The third-order valence-electron chi connectivity index (χ3n) is 1.97. The minimum absolute atomic E-state index is 0.0375. The van der Waals surface area contributed by atoms with Crippen molar-refractivity contribution < 1.29 is 0 Å². The second-order valence-corrected chi connectivity index (χ2v) is 3.63. The Hall–Kier alpha value is -1.75. The van der Waals surface area contributed by atoms with Crippen molar-refractivity contribution in [2.24, 2.45) is 5.73 Å². The van der Waals surface area contributed by atoms with Crippen molar-refractivity contribution in [3.63, 3.8) is 0 Å². The lowest BCUT2D eigenvalue weighted by molar-refractivity contribution is 1.13. The maximum Gasteiger partial charge on any atom is 0.199 e. The summed E-state index contributed by atoms with van der Waals surface area (Å²) in [7, 11) is 0. The van der Waals surface area contributed by atoms with E-state index < -0.39 is 0 Å². The first-order valence-corrected chi connectivity index (χ1v) is 5.15. The summed E-state index contributed by atoms with van der Waals surface area (Å²) >= 11 is 5.87. The third-order valence-corrected chi connectivity index (χ3v) is 2.20. The molecule has 1 aromatic carbocycles. The van der Waals surface area contributed by atoms with Crippen molar-refractivity contribution >= 4 is 29.2 Å². The van der Waals surface area contributed by atoms with Crippen LogP contribution in [-0.4, -0.2) is 11.9 Å². The number of halogens is 1. The molecule has 0 radical (unpaired) electrons. The SMILES string of the molecule is CCc1cc(Cl)ccc1NC(=N)NC(=N)N. The van der Waals surface area contributed by atoms with Gasteiger partial charge in [0.05, 0.1) is 0 Å². The zero-order valence-corrected chi connectivity index (χ0v) is 9.65. The molecule has 1 rings (SSSR count). The topological polar surface area (TPSA) is 97.8 Å². The van der Waals surface area contributed by atoms with E-state index in [1.807, 2.05) is 13.0 Å². The van der Waals surface area contributed by atoms with E-state index in [1.54, 1.807) is 12.1 Å². The lowest BCUT2D eigenvalue weighted by Gasteiger charge is -2.12. The zero-order valence-electron chi connectivity index (χ0n) is 8.89. The highest BCUT2D eigenvalue weighted by Gasteiger charge is 2.04. The van der Waals surface area contributed by atoms with Gasteiger partial charge in [-0.15, -0.1) is 0 Å². The molecule has 16 heavy (non-hydrogen) atoms. The monoisotopic (exact) mass is 239 g/mol. The van der Waals surface area contributed by atoms with E-state index in [2.05, 4.69) is 10.6 Å². The summed E-state index contributed by atoms with van der Waals surface area (Å²) in [4.78, 5) is 0. The Bertz CT molecular complexity index is 416. The number of anilines is 1. The van der Waals surface area contributed by atoms with Crippen molar-refractivity contribution in [3.8, 4) is 0 Å². The van der Waals surface area contributed by atoms with E-state index in [-0.39, 0.29) is 11.9 Å². The second-order valence-electron chi connectivity index (χ2n) is 3.19. The first-order chi connectivity index (χ1) is 7.52. The van der Waals surface area contributed by atoms with Crippen molar-refractivity contribution in [2.45, 2.75) is 13.3 Å². The largest absolute Gasteiger partial charge is 0.370 e. The molecule has 0 fully saturated rings. The summed E-state index contributed by atoms with van der Waals surface area (Å²) in [5, 5.41) is 20.3. The minimum atomic E-state index is -0.274. The third kappa shape index (κ3) is 3.43. The normalized spacial score (nSPS) is 9.62. The standard InChI is InChI=1S/C10H14ClN5/c1-2-6-5-7(11)3-4-8(6)15-10(14)16-9(12)13/h3-5H,2H2,1H3,(H6,12,13,14,15,16). The highest BCUT2D eigenvalue weighted by atomic mass is 35.5. The van der Waals surface area contributed by atoms with Gasteiger partial charge >= 0.3 is 0 Å². The molecule has 0 saturated carbocycles. The van der Waals surface area contributed by atoms with Crippen LogP contribution in [0, 0.1) is 10.8 Å². The summed E-state index contributed by atoms with van der Waals surface area (Å²) in [6.07, 6.45) is 0.802. The number of hydrogen-bond acceptors (Lipinski definition) is 2. The van der Waals surface area contributed by atoms with Gasteiger partial charge in [0.1, 0.15) is 0 Å². The first-order valence-electron chi connectivity index (χ1n) is 4.78. The molecule has 0 atom stereocenters. The summed E-state index contributed by atoms with van der Waals surface area (Å²) in [6.45, 7) is 2.00. The highest BCUT2D eigenvalue weighted by Crippen LogP contribution is 2.20. The first kappa shape index (κ1) is 12.3. The van der Waals surface area contributed by atoms with E-state index in [4.69, 9.17) is 28.2 Å². The number of nitrogens with two attached hydrogens (primary N) is 1. The molecule has 0 aliphatic heterocycles. The molecule has 6 heteroatoms. The lowest BCUT2D eigenvalue weighted by Crippen LogP contribution is -2.39. The highest BCUT2D eigenvalue weighted by molar-refractivity contribution is 6.30. The van der Waals surface area contributed by atoms with E-state index in [1.165, 1.54) is 0 Å². The van der Waals surface area contributed by atoms with E-state index >= 15 is 0 Å². The predicted octanol–water partition coefficient (Wildman–Crippen LogP) is 1.73. The van der Waals surface area contributed by atoms with Crippen LogP contribution in [0.25, 0.3) is 0 Å². The molecular formula is C10H14ClN5. The van der Waals surface area contributed by atoms with Gasteiger partial charge in [0, 0.05) is 10.7 Å². The molecule has 1 aromatic rings. The van der Waals surface area contributed by atoms with Gasteiger partial charge in [0.25, 0.3) is 0 Å². The molecular weight excluding hydrogens is 226 g/mol. The maximum atomic E-state index is 7.51. The molecule has 0 aromatic heterocycles. The smallest absolute Gasteiger partial charge is 0.199 e. The fraction of sp³-hybridized carbons (Fsp3) is 0.200. The molecule has 0 bridgehead atoms. The number of nitrogens with one attached hydrogen (secondary N) is 4. The fourth-order valence-corrected chi connectivity index (χ4v) is 1.47. The number of benzene rings is 1. The number of aryl methyl sites for hydroxylation is 1. The Morgan fingerprint density at radius 1 is 1.44 bits per heavy atom. The van der Waals surface area contributed by atoms with Gasteiger partial charge in [-0.1, -0.05) is 18.5 Å². The van der Waals surface area contributed by atoms with Gasteiger partial charge in [-0.2, -0.15) is 0 Å². The average molecular weight is 240 g/mol. The van der Waals surface area contributed by atoms with E-state index in [0.717, 1.165) is 17.7 Å². The lowest BCUT2D eigenvalue weighted by atomic mass is 10.1. The van der Waals surface area contributed by atoms with Crippen LogP contribution in [0.2, 0.25) is 5.02 Å². The van der Waals surface area contributed by atoms with Gasteiger partial charge in [0.2, 0.25) is 0 Å². The minimum Gasteiger partial charge on any atom is -0.370 e. The zero-order chi connectivity index (χ0) is 12.1. The predicted molar refractivity (Wildman–Crippen MR) is 67.2 cm³/mol. The average Bonchev–Trinajstić information content (AvgIpc) is 2.19. The number of hydrogen-bond donors (Lipinski definition) is 5. The van der Waals surface area contributed by atoms with Crippen LogP contribution in [0.1, 0.15) is 12.5 Å². The van der Waals surface area contributed by atoms with E-state index in [9.17, 15) is 0 Å². The van der Waals surface area contributed by atoms with Crippen LogP contribution in [0.15, 0.2) is 18.2 Å². The number of rotatable bonds is 2. The van der Waals surface area contributed by atoms with Crippen LogP contribution in [0.3, 0.4) is 0 Å². The summed E-state index contributed by atoms with van der Waals surface area (Å²) in [6, 6.07) is 5.37. The second kappa shape index (κ2) is 5.37. The molecule has 86 valence electrons. The Labute approximate surface area is 99.0 Å². The van der Waals surface area contributed by atoms with Crippen LogP contribution in [0.4, 0.5) is 5.69 Å². The summed E-state index contributed by atoms with van der Waals surface area (Å²) in [5.41, 5.74) is 6.90. The summed E-state index contributed by atoms with van der Waals surface area (Å²) in [5.74, 6) is -0.311. The molecule has 0 spiro atoms. The molecule has 6 N–H and O–H groups in total. The van der Waals surface area contributed by atoms with Crippen LogP contribution in [0.5, 0.6) is 0 Å². The quantitative estimate of drug-likeness (QED) is 0.402.